The van der Waals surface area contributed by atoms with Crippen LogP contribution in [-0.4, -0.2) is 30.9 Å². The Bertz CT molecular complexity index is 409. The highest BCUT2D eigenvalue weighted by molar-refractivity contribution is 6.31. The van der Waals surface area contributed by atoms with E-state index in [4.69, 9.17) is 16.3 Å². The van der Waals surface area contributed by atoms with Crippen LogP contribution in [0.4, 0.5) is 5.69 Å². The molecule has 4 heteroatoms. The maximum Gasteiger partial charge on any atom is 0.0776 e. The highest BCUT2D eigenvalue weighted by atomic mass is 35.5. The second-order valence-corrected chi connectivity index (χ2v) is 5.14. The third kappa shape index (κ3) is 2.97. The number of hydrogen-bond acceptors (Lipinski definition) is 3. The Morgan fingerprint density at radius 1 is 1.56 bits per heavy atom. The smallest absolute Gasteiger partial charge is 0.0776 e. The van der Waals surface area contributed by atoms with Crippen LogP contribution in [-0.2, 0) is 4.74 Å². The number of ether oxygens (including phenoxy) is 1. The number of aliphatic hydroxyl groups excluding tert-OH is 1. The number of aliphatic hydroxyl groups is 1. The third-order valence-corrected chi connectivity index (χ3v) is 3.72. The minimum Gasteiger partial charge on any atom is -0.389 e. The molecule has 2 atom stereocenters. The summed E-state index contributed by atoms with van der Waals surface area (Å²) in [5.41, 5.74) is 1.88. The van der Waals surface area contributed by atoms with Crippen LogP contribution in [0.5, 0.6) is 0 Å². The number of anilines is 1. The highest BCUT2D eigenvalue weighted by Crippen LogP contribution is 2.28. The van der Waals surface area contributed by atoms with E-state index in [1.807, 2.05) is 18.2 Å². The van der Waals surface area contributed by atoms with E-state index in [-0.39, 0.29) is 0 Å². The summed E-state index contributed by atoms with van der Waals surface area (Å²) in [5, 5.41) is 10.2. The zero-order chi connectivity index (χ0) is 13.1. The molecule has 2 rings (SSSR count). The lowest BCUT2D eigenvalue weighted by molar-refractivity contribution is 0.0384. The molecule has 1 N–H and O–H groups in total. The van der Waals surface area contributed by atoms with Gasteiger partial charge in [-0.3, -0.25) is 0 Å². The van der Waals surface area contributed by atoms with Gasteiger partial charge in [-0.1, -0.05) is 24.6 Å². The lowest BCUT2D eigenvalue weighted by Crippen LogP contribution is -2.42. The molecule has 0 radical (unpaired) electrons. The van der Waals surface area contributed by atoms with Gasteiger partial charge in [0.1, 0.15) is 0 Å². The molecule has 1 aliphatic rings. The quantitative estimate of drug-likeness (QED) is 0.916. The summed E-state index contributed by atoms with van der Waals surface area (Å²) < 4.78 is 5.66. The Hall–Kier alpha value is -0.770. The molecule has 0 bridgehead atoms. The van der Waals surface area contributed by atoms with E-state index < -0.39 is 6.10 Å². The topological polar surface area (TPSA) is 32.7 Å². The van der Waals surface area contributed by atoms with Gasteiger partial charge in [0.25, 0.3) is 0 Å². The predicted octanol–water partition coefficient (Wildman–Crippen LogP) is 3.01. The molecule has 100 valence electrons. The van der Waals surface area contributed by atoms with E-state index in [0.717, 1.165) is 37.4 Å². The van der Waals surface area contributed by atoms with Crippen LogP contribution >= 0.6 is 11.6 Å². The molecule has 3 nitrogen and oxygen atoms in total. The van der Waals surface area contributed by atoms with Gasteiger partial charge in [0.15, 0.2) is 0 Å². The summed E-state index contributed by atoms with van der Waals surface area (Å²) in [7, 11) is 0. The molecule has 1 aromatic carbocycles. The first-order valence-electron chi connectivity index (χ1n) is 6.46. The Morgan fingerprint density at radius 2 is 2.33 bits per heavy atom. The lowest BCUT2D eigenvalue weighted by Gasteiger charge is -2.34. The van der Waals surface area contributed by atoms with Crippen molar-refractivity contribution in [3.63, 3.8) is 0 Å². The van der Waals surface area contributed by atoms with Gasteiger partial charge in [-0.2, -0.15) is 0 Å². The van der Waals surface area contributed by atoms with Crippen molar-refractivity contribution in [1.82, 2.24) is 0 Å². The molecule has 1 aromatic rings. The van der Waals surface area contributed by atoms with Gasteiger partial charge >= 0.3 is 0 Å². The second kappa shape index (κ2) is 5.91. The molecular weight excluding hydrogens is 250 g/mol. The molecular formula is C14H20ClNO2. The summed E-state index contributed by atoms with van der Waals surface area (Å²) in [4.78, 5) is 2.29. The van der Waals surface area contributed by atoms with Crippen molar-refractivity contribution >= 4 is 17.3 Å². The summed E-state index contributed by atoms with van der Waals surface area (Å²) in [6.45, 7) is 6.41. The van der Waals surface area contributed by atoms with E-state index in [1.54, 1.807) is 6.92 Å². The molecule has 0 amide bonds. The largest absolute Gasteiger partial charge is 0.389 e. The minimum absolute atomic E-state index is 0.300. The Balaban J connectivity index is 2.16. The fourth-order valence-electron chi connectivity index (χ4n) is 2.25. The first-order valence-corrected chi connectivity index (χ1v) is 6.83. The fourth-order valence-corrected chi connectivity index (χ4v) is 2.59. The van der Waals surface area contributed by atoms with Crippen molar-refractivity contribution < 1.29 is 9.84 Å². The number of halogens is 1. The van der Waals surface area contributed by atoms with Crippen LogP contribution in [0.2, 0.25) is 5.02 Å². The average molecular weight is 270 g/mol. The number of hydrogen-bond donors (Lipinski definition) is 1. The van der Waals surface area contributed by atoms with Gasteiger partial charge in [0.05, 0.1) is 18.8 Å². The predicted molar refractivity (Wildman–Crippen MR) is 74.3 cm³/mol. The molecule has 0 aliphatic carbocycles. The molecule has 1 heterocycles. The molecule has 1 fully saturated rings. The van der Waals surface area contributed by atoms with Crippen LogP contribution in [0.25, 0.3) is 0 Å². The molecule has 0 saturated carbocycles. The average Bonchev–Trinajstić information content (AvgIpc) is 2.38. The molecule has 1 saturated heterocycles. The van der Waals surface area contributed by atoms with Crippen molar-refractivity contribution in [3.8, 4) is 0 Å². The van der Waals surface area contributed by atoms with Crippen molar-refractivity contribution in [2.24, 2.45) is 0 Å². The van der Waals surface area contributed by atoms with Crippen molar-refractivity contribution in [2.75, 3.05) is 24.6 Å². The second-order valence-electron chi connectivity index (χ2n) is 4.73. The third-order valence-electron chi connectivity index (χ3n) is 3.39. The Labute approximate surface area is 113 Å². The lowest BCUT2D eigenvalue weighted by atomic mass is 10.1. The normalized spacial score (nSPS) is 22.0. The van der Waals surface area contributed by atoms with Gasteiger partial charge in [-0.05, 0) is 31.0 Å². The monoisotopic (exact) mass is 269 g/mol. The summed E-state index contributed by atoms with van der Waals surface area (Å²) in [5.74, 6) is 0. The standard InChI is InChI=1S/C14H20ClNO2/c1-3-12-9-16(6-7-18-12)11-4-5-13(10(2)17)14(15)8-11/h4-5,8,10,12,17H,3,6-7,9H2,1-2H3. The van der Waals surface area contributed by atoms with E-state index >= 15 is 0 Å². The molecule has 1 aliphatic heterocycles. The van der Waals surface area contributed by atoms with Gasteiger partial charge in [-0.25, -0.2) is 0 Å². The molecule has 18 heavy (non-hydrogen) atoms. The maximum absolute atomic E-state index is 9.57. The zero-order valence-electron chi connectivity index (χ0n) is 10.9. The van der Waals surface area contributed by atoms with Crippen LogP contribution in [0.3, 0.4) is 0 Å². The number of benzene rings is 1. The van der Waals surface area contributed by atoms with Crippen molar-refractivity contribution in [3.05, 3.63) is 28.8 Å². The molecule has 2 unspecified atom stereocenters. The fraction of sp³-hybridized carbons (Fsp3) is 0.571. The number of rotatable bonds is 3. The van der Waals surface area contributed by atoms with E-state index in [0.29, 0.717) is 11.1 Å². The van der Waals surface area contributed by atoms with Crippen LogP contribution in [0.1, 0.15) is 31.9 Å². The SMILES string of the molecule is CCC1CN(c2ccc(C(C)O)c(Cl)c2)CCO1. The first kappa shape index (κ1) is 13.7. The summed E-state index contributed by atoms with van der Waals surface area (Å²) in [6, 6.07) is 5.85. The Kier molecular flexibility index (Phi) is 4.49. The first-order chi connectivity index (χ1) is 8.61. The van der Waals surface area contributed by atoms with Crippen LogP contribution in [0, 0.1) is 0 Å². The highest BCUT2D eigenvalue weighted by Gasteiger charge is 2.20. The molecule has 0 spiro atoms. The number of nitrogens with zero attached hydrogens (tertiary/aromatic N) is 1. The Morgan fingerprint density at radius 3 is 2.94 bits per heavy atom. The van der Waals surface area contributed by atoms with Gasteiger partial charge in [0.2, 0.25) is 0 Å². The summed E-state index contributed by atoms with van der Waals surface area (Å²) >= 11 is 6.20. The van der Waals surface area contributed by atoms with Gasteiger partial charge < -0.3 is 14.7 Å². The zero-order valence-corrected chi connectivity index (χ0v) is 11.7. The summed E-state index contributed by atoms with van der Waals surface area (Å²) in [6.07, 6.45) is 0.796. The van der Waals surface area contributed by atoms with E-state index in [9.17, 15) is 5.11 Å². The van der Waals surface area contributed by atoms with Gasteiger partial charge in [-0.15, -0.1) is 0 Å². The maximum atomic E-state index is 9.57. The minimum atomic E-state index is -0.528. The van der Waals surface area contributed by atoms with Crippen molar-refractivity contribution in [2.45, 2.75) is 32.5 Å². The van der Waals surface area contributed by atoms with Crippen molar-refractivity contribution in [1.29, 1.82) is 0 Å². The van der Waals surface area contributed by atoms with E-state index in [1.165, 1.54) is 0 Å². The van der Waals surface area contributed by atoms with Crippen LogP contribution < -0.4 is 4.90 Å². The number of morpholine rings is 1. The molecule has 0 aromatic heterocycles. The van der Waals surface area contributed by atoms with Crippen LogP contribution in [0.15, 0.2) is 18.2 Å². The van der Waals surface area contributed by atoms with E-state index in [2.05, 4.69) is 11.8 Å². The van der Waals surface area contributed by atoms with Gasteiger partial charge in [0, 0.05) is 23.8 Å².